The van der Waals surface area contributed by atoms with Crippen molar-refractivity contribution in [2.45, 2.75) is 44.3 Å². The fourth-order valence-corrected chi connectivity index (χ4v) is 6.17. The van der Waals surface area contributed by atoms with E-state index in [4.69, 9.17) is 0 Å². The lowest BCUT2D eigenvalue weighted by molar-refractivity contribution is -0.152. The summed E-state index contributed by atoms with van der Waals surface area (Å²) >= 11 is 1.42. The monoisotopic (exact) mass is 428 g/mol. The largest absolute Gasteiger partial charge is 0.349 e. The number of hydrogen-bond donors (Lipinski definition) is 1. The Morgan fingerprint density at radius 1 is 1.33 bits per heavy atom. The molecule has 30 heavy (non-hydrogen) atoms. The molecule has 8 nitrogen and oxygen atoms in total. The number of thiazole rings is 1. The second kappa shape index (κ2) is 8.11. The van der Waals surface area contributed by atoms with E-state index in [0.717, 1.165) is 38.9 Å². The molecular weight excluding hydrogens is 400 g/mol. The highest BCUT2D eigenvalue weighted by Gasteiger charge is 2.49. The molecule has 5 heterocycles. The maximum Gasteiger partial charge on any atom is 0.270 e. The van der Waals surface area contributed by atoms with Crippen molar-refractivity contribution in [3.63, 3.8) is 0 Å². The van der Waals surface area contributed by atoms with Crippen molar-refractivity contribution in [1.29, 1.82) is 0 Å². The maximum atomic E-state index is 12.9. The summed E-state index contributed by atoms with van der Waals surface area (Å²) < 4.78 is 2.08. The number of imidazole rings is 1. The van der Waals surface area contributed by atoms with Crippen LogP contribution in [-0.4, -0.2) is 67.9 Å². The van der Waals surface area contributed by atoms with Crippen LogP contribution in [0.2, 0.25) is 0 Å². The summed E-state index contributed by atoms with van der Waals surface area (Å²) in [4.78, 5) is 38.4. The number of aryl methyl sites for hydroxylation is 1. The molecule has 3 aliphatic rings. The molecule has 2 amide bonds. The van der Waals surface area contributed by atoms with E-state index >= 15 is 0 Å². The van der Waals surface area contributed by atoms with Gasteiger partial charge in [-0.2, -0.15) is 0 Å². The molecule has 0 aliphatic carbocycles. The predicted octanol–water partition coefficient (Wildman–Crippen LogP) is 1.51. The number of fused-ring (bicyclic) bond motifs is 4. The standard InChI is InChI=1S/C21H28N6O2S/c1-25-12-22-6-16(25)10-26-8-14-5-15(9-26)19(27-18(14)3-2-4-20(27)28)7-23-21(29)17-11-30-13-24-17/h6,11-15,18-19H,2-5,7-10H2,1H3,(H,23,29)/t14-,15+,18+,19+/m1/s1. The Morgan fingerprint density at radius 2 is 2.20 bits per heavy atom. The van der Waals surface area contributed by atoms with Gasteiger partial charge in [0.05, 0.1) is 23.6 Å². The van der Waals surface area contributed by atoms with Crippen LogP contribution < -0.4 is 5.32 Å². The molecule has 3 aliphatic heterocycles. The third-order valence-corrected chi connectivity index (χ3v) is 7.60. The van der Waals surface area contributed by atoms with Gasteiger partial charge in [0, 0.05) is 57.3 Å². The van der Waals surface area contributed by atoms with E-state index in [1.807, 2.05) is 19.6 Å². The van der Waals surface area contributed by atoms with Gasteiger partial charge in [0.15, 0.2) is 0 Å². The highest BCUT2D eigenvalue weighted by atomic mass is 32.1. The number of aromatic nitrogens is 3. The molecule has 2 bridgehead atoms. The molecule has 3 fully saturated rings. The first-order chi connectivity index (χ1) is 14.6. The first-order valence-corrected chi connectivity index (χ1v) is 11.7. The topological polar surface area (TPSA) is 83.4 Å². The van der Waals surface area contributed by atoms with E-state index in [1.165, 1.54) is 17.0 Å². The van der Waals surface area contributed by atoms with Crippen molar-refractivity contribution in [1.82, 2.24) is 29.7 Å². The van der Waals surface area contributed by atoms with Gasteiger partial charge in [0.25, 0.3) is 5.91 Å². The van der Waals surface area contributed by atoms with Crippen LogP contribution in [0.3, 0.4) is 0 Å². The Kier molecular flexibility index (Phi) is 5.32. The van der Waals surface area contributed by atoms with Gasteiger partial charge in [-0.1, -0.05) is 0 Å². The number of carbonyl (C=O) groups excluding carboxylic acids is 2. The molecule has 160 valence electrons. The molecule has 0 radical (unpaired) electrons. The number of piperidine rings is 3. The number of nitrogens with zero attached hydrogens (tertiary/aromatic N) is 5. The van der Waals surface area contributed by atoms with E-state index in [2.05, 4.69) is 29.7 Å². The van der Waals surface area contributed by atoms with Gasteiger partial charge in [-0.15, -0.1) is 11.3 Å². The van der Waals surface area contributed by atoms with E-state index in [-0.39, 0.29) is 23.9 Å². The first-order valence-electron chi connectivity index (χ1n) is 10.7. The molecular formula is C21H28N6O2S. The summed E-state index contributed by atoms with van der Waals surface area (Å²) in [5.41, 5.74) is 3.33. The quantitative estimate of drug-likeness (QED) is 0.781. The van der Waals surface area contributed by atoms with E-state index < -0.39 is 0 Å². The van der Waals surface area contributed by atoms with E-state index in [0.29, 0.717) is 30.5 Å². The number of hydrogen-bond acceptors (Lipinski definition) is 6. The second-order valence-electron chi connectivity index (χ2n) is 8.86. The Morgan fingerprint density at radius 3 is 2.97 bits per heavy atom. The van der Waals surface area contributed by atoms with Crippen molar-refractivity contribution in [2.75, 3.05) is 19.6 Å². The molecule has 0 saturated carbocycles. The minimum absolute atomic E-state index is 0.0518. The summed E-state index contributed by atoms with van der Waals surface area (Å²) in [7, 11) is 2.03. The molecule has 3 saturated heterocycles. The third-order valence-electron chi connectivity index (χ3n) is 7.01. The molecule has 1 N–H and O–H groups in total. The number of likely N-dealkylation sites (tertiary alicyclic amines) is 1. The summed E-state index contributed by atoms with van der Waals surface area (Å²) in [6.45, 7) is 3.33. The van der Waals surface area contributed by atoms with Crippen molar-refractivity contribution in [2.24, 2.45) is 18.9 Å². The van der Waals surface area contributed by atoms with Crippen LogP contribution in [0.1, 0.15) is 41.9 Å². The molecule has 0 spiro atoms. The van der Waals surface area contributed by atoms with Gasteiger partial charge in [0.1, 0.15) is 5.69 Å². The lowest BCUT2D eigenvalue weighted by atomic mass is 9.72. The zero-order valence-electron chi connectivity index (χ0n) is 17.2. The summed E-state index contributed by atoms with van der Waals surface area (Å²) in [5, 5.41) is 4.82. The Hall–Kier alpha value is -2.26. The number of amides is 2. The highest BCUT2D eigenvalue weighted by molar-refractivity contribution is 7.07. The summed E-state index contributed by atoms with van der Waals surface area (Å²) in [6, 6.07) is 0.342. The Labute approximate surface area is 180 Å². The van der Waals surface area contributed by atoms with Crippen LogP contribution in [0.4, 0.5) is 0 Å². The molecule has 0 unspecified atom stereocenters. The van der Waals surface area contributed by atoms with Crippen LogP contribution in [0.5, 0.6) is 0 Å². The summed E-state index contributed by atoms with van der Waals surface area (Å²) in [5.74, 6) is 0.980. The fraction of sp³-hybridized carbons (Fsp3) is 0.619. The second-order valence-corrected chi connectivity index (χ2v) is 9.58. The van der Waals surface area contributed by atoms with Gasteiger partial charge in [-0.05, 0) is 31.1 Å². The fourth-order valence-electron chi connectivity index (χ4n) is 5.64. The molecule has 2 aromatic heterocycles. The highest BCUT2D eigenvalue weighted by Crippen LogP contribution is 2.41. The van der Waals surface area contributed by atoms with Crippen LogP contribution in [0.25, 0.3) is 0 Å². The zero-order valence-corrected chi connectivity index (χ0v) is 18.1. The van der Waals surface area contributed by atoms with Crippen molar-refractivity contribution in [3.05, 3.63) is 34.8 Å². The maximum absolute atomic E-state index is 12.9. The van der Waals surface area contributed by atoms with Gasteiger partial charge in [0.2, 0.25) is 5.91 Å². The zero-order chi connectivity index (χ0) is 20.7. The third kappa shape index (κ3) is 3.65. The van der Waals surface area contributed by atoms with Crippen LogP contribution in [0, 0.1) is 11.8 Å². The predicted molar refractivity (Wildman–Crippen MR) is 113 cm³/mol. The van der Waals surface area contributed by atoms with E-state index in [1.54, 1.807) is 10.9 Å². The van der Waals surface area contributed by atoms with Gasteiger partial charge < -0.3 is 14.8 Å². The van der Waals surface area contributed by atoms with Crippen LogP contribution in [-0.2, 0) is 18.4 Å². The minimum atomic E-state index is -0.151. The molecule has 4 atom stereocenters. The lowest BCUT2D eigenvalue weighted by Crippen LogP contribution is -2.67. The molecule has 9 heteroatoms. The van der Waals surface area contributed by atoms with Crippen LogP contribution in [0.15, 0.2) is 23.4 Å². The van der Waals surface area contributed by atoms with Crippen molar-refractivity contribution >= 4 is 23.2 Å². The Balaban J connectivity index is 1.34. The lowest BCUT2D eigenvalue weighted by Gasteiger charge is -2.56. The van der Waals surface area contributed by atoms with Crippen molar-refractivity contribution < 1.29 is 9.59 Å². The Bertz CT molecular complexity index is 913. The smallest absolute Gasteiger partial charge is 0.270 e. The average molecular weight is 429 g/mol. The summed E-state index contributed by atoms with van der Waals surface area (Å²) in [6.07, 6.45) is 7.59. The van der Waals surface area contributed by atoms with Crippen LogP contribution >= 0.6 is 11.3 Å². The molecule has 2 aromatic rings. The molecule has 5 rings (SSSR count). The van der Waals surface area contributed by atoms with Gasteiger partial charge in [-0.3, -0.25) is 14.5 Å². The number of nitrogens with one attached hydrogen (secondary N) is 1. The van der Waals surface area contributed by atoms with Crippen molar-refractivity contribution in [3.8, 4) is 0 Å². The van der Waals surface area contributed by atoms with Gasteiger partial charge >= 0.3 is 0 Å². The minimum Gasteiger partial charge on any atom is -0.349 e. The number of rotatable bonds is 5. The SMILES string of the molecule is Cn1cncc1CN1C[C@H]2C[C@@H](C1)[C@H](CNC(=O)c1cscn1)N1C(=O)CCC[C@@H]21. The average Bonchev–Trinajstić information content (AvgIpc) is 3.41. The normalized spacial score (nSPS) is 29.0. The number of carbonyl (C=O) groups is 2. The van der Waals surface area contributed by atoms with E-state index in [9.17, 15) is 9.59 Å². The molecule has 0 aromatic carbocycles. The van der Waals surface area contributed by atoms with Gasteiger partial charge in [-0.25, -0.2) is 9.97 Å². The first kappa shape index (κ1) is 19.7.